The van der Waals surface area contributed by atoms with Crippen molar-refractivity contribution in [3.8, 4) is 0 Å². The molecule has 0 radical (unpaired) electrons. The van der Waals surface area contributed by atoms with Crippen molar-refractivity contribution in [2.24, 2.45) is 12.0 Å². The van der Waals surface area contributed by atoms with E-state index in [0.717, 1.165) is 15.4 Å². The summed E-state index contributed by atoms with van der Waals surface area (Å²) in [5.74, 6) is 0.619. The molecule has 70 valence electrons. The van der Waals surface area contributed by atoms with Crippen LogP contribution in [-0.4, -0.2) is 10.6 Å². The third-order valence-corrected chi connectivity index (χ3v) is 2.63. The minimum atomic E-state index is 0.619. The van der Waals surface area contributed by atoms with E-state index in [1.165, 1.54) is 0 Å². The third-order valence-electron chi connectivity index (χ3n) is 2.14. The lowest BCUT2D eigenvalue weighted by Gasteiger charge is -1.97. The number of halogens is 1. The van der Waals surface area contributed by atoms with Crippen LogP contribution in [0.1, 0.15) is 0 Å². The van der Waals surface area contributed by atoms with Gasteiger partial charge in [-0.05, 0) is 24.3 Å². The Balaban J connectivity index is 2.79. The quantitative estimate of drug-likeness (QED) is 0.566. The lowest BCUT2D eigenvalue weighted by Crippen LogP contribution is -1.84. The molecule has 0 spiro atoms. The van der Waals surface area contributed by atoms with Gasteiger partial charge in [0.15, 0.2) is 0 Å². The predicted molar refractivity (Wildman–Crippen MR) is 58.4 cm³/mol. The van der Waals surface area contributed by atoms with Crippen LogP contribution in [0, 0.1) is 0 Å². The van der Waals surface area contributed by atoms with E-state index < -0.39 is 0 Å². The zero-order valence-corrected chi connectivity index (χ0v) is 9.08. The number of hydrogen-bond acceptors (Lipinski definition) is 2. The predicted octanol–water partition coefficient (Wildman–Crippen LogP) is 2.91. The number of aryl methyl sites for hydroxylation is 1. The molecule has 0 aliphatic rings. The number of carbonyl (C=O) groups excluding carboxylic acids is 1. The fourth-order valence-electron chi connectivity index (χ4n) is 1.46. The molecular weight excluding hydrogens is 244 g/mol. The summed E-state index contributed by atoms with van der Waals surface area (Å²) in [6, 6.07) is 7.77. The molecule has 0 aliphatic heterocycles. The second kappa shape index (κ2) is 3.40. The molecule has 14 heavy (non-hydrogen) atoms. The highest BCUT2D eigenvalue weighted by molar-refractivity contribution is 9.10. The van der Waals surface area contributed by atoms with Crippen LogP contribution in [0.5, 0.6) is 0 Å². The van der Waals surface area contributed by atoms with Gasteiger partial charge in [-0.1, -0.05) is 15.9 Å². The molecule has 0 aliphatic carbocycles. The summed E-state index contributed by atoms with van der Waals surface area (Å²) < 4.78 is 2.87. The molecule has 2 aromatic rings. The Kier molecular flexibility index (Phi) is 2.23. The van der Waals surface area contributed by atoms with Crippen molar-refractivity contribution in [3.63, 3.8) is 0 Å². The number of aromatic nitrogens is 1. The number of nitrogens with zero attached hydrogens (tertiary/aromatic N) is 2. The molecule has 2 rings (SSSR count). The number of rotatable bonds is 1. The summed E-state index contributed by atoms with van der Waals surface area (Å²) in [4.78, 5) is 13.8. The standard InChI is InChI=1S/C10H7BrN2O/c1-13-9-3-2-8(11)4-7(9)5-10(13)12-6-14/h2-5H,1H3. The van der Waals surface area contributed by atoms with Gasteiger partial charge in [-0.15, -0.1) is 4.99 Å². The average molecular weight is 251 g/mol. The summed E-state index contributed by atoms with van der Waals surface area (Å²) in [6.07, 6.45) is 1.54. The zero-order valence-electron chi connectivity index (χ0n) is 7.49. The van der Waals surface area contributed by atoms with Crippen LogP contribution in [0.2, 0.25) is 0 Å². The topological polar surface area (TPSA) is 34.4 Å². The highest BCUT2D eigenvalue weighted by atomic mass is 79.9. The number of isocyanates is 1. The highest BCUT2D eigenvalue weighted by Crippen LogP contribution is 2.26. The first kappa shape index (κ1) is 9.19. The molecule has 1 aromatic heterocycles. The number of fused-ring (bicyclic) bond motifs is 1. The van der Waals surface area contributed by atoms with E-state index in [0.29, 0.717) is 5.82 Å². The SMILES string of the molecule is Cn1c(N=C=O)cc2cc(Br)ccc21. The molecule has 0 atom stereocenters. The summed E-state index contributed by atoms with van der Waals surface area (Å²) in [5, 5.41) is 1.05. The molecule has 3 nitrogen and oxygen atoms in total. The average Bonchev–Trinajstić information content (AvgIpc) is 2.44. The second-order valence-corrected chi connectivity index (χ2v) is 3.88. The molecular formula is C10H7BrN2O. The van der Waals surface area contributed by atoms with E-state index in [2.05, 4.69) is 20.9 Å². The fourth-order valence-corrected chi connectivity index (χ4v) is 1.84. The Morgan fingerprint density at radius 1 is 1.43 bits per heavy atom. The number of hydrogen-bond donors (Lipinski definition) is 0. The molecule has 1 aromatic carbocycles. The van der Waals surface area contributed by atoms with E-state index >= 15 is 0 Å². The van der Waals surface area contributed by atoms with Crippen LogP contribution >= 0.6 is 15.9 Å². The molecule has 1 heterocycles. The first-order valence-electron chi connectivity index (χ1n) is 4.05. The molecule has 0 fully saturated rings. The van der Waals surface area contributed by atoms with Crippen molar-refractivity contribution in [1.82, 2.24) is 4.57 Å². The monoisotopic (exact) mass is 250 g/mol. The minimum absolute atomic E-state index is 0.619. The fraction of sp³-hybridized carbons (Fsp3) is 0.100. The van der Waals surface area contributed by atoms with Crippen LogP contribution in [-0.2, 0) is 11.8 Å². The molecule has 0 unspecified atom stereocenters. The summed E-state index contributed by atoms with van der Waals surface area (Å²) in [7, 11) is 1.87. The largest absolute Gasteiger partial charge is 0.328 e. The van der Waals surface area contributed by atoms with Gasteiger partial charge in [0.2, 0.25) is 6.08 Å². The van der Waals surface area contributed by atoms with Gasteiger partial charge in [0.05, 0.1) is 0 Å². The summed E-state index contributed by atoms with van der Waals surface area (Å²) in [6.45, 7) is 0. The van der Waals surface area contributed by atoms with Crippen LogP contribution in [0.25, 0.3) is 10.9 Å². The van der Waals surface area contributed by atoms with Gasteiger partial charge in [-0.25, -0.2) is 4.79 Å². The van der Waals surface area contributed by atoms with Gasteiger partial charge in [-0.3, -0.25) is 0 Å². The maximum absolute atomic E-state index is 10.2. The van der Waals surface area contributed by atoms with Crippen molar-refractivity contribution in [1.29, 1.82) is 0 Å². The van der Waals surface area contributed by atoms with Crippen LogP contribution in [0.4, 0.5) is 5.82 Å². The first-order valence-corrected chi connectivity index (χ1v) is 4.84. The number of aliphatic imine (C=N–C) groups is 1. The van der Waals surface area contributed by atoms with E-state index in [1.54, 1.807) is 6.08 Å². The van der Waals surface area contributed by atoms with E-state index in [4.69, 9.17) is 0 Å². The lowest BCUT2D eigenvalue weighted by atomic mass is 10.2. The third kappa shape index (κ3) is 1.39. The van der Waals surface area contributed by atoms with Gasteiger partial charge in [0.1, 0.15) is 5.82 Å². The van der Waals surface area contributed by atoms with Gasteiger partial charge in [-0.2, -0.15) is 0 Å². The normalized spacial score (nSPS) is 10.1. The van der Waals surface area contributed by atoms with Crippen LogP contribution in [0.15, 0.2) is 33.7 Å². The van der Waals surface area contributed by atoms with Crippen LogP contribution in [0.3, 0.4) is 0 Å². The zero-order chi connectivity index (χ0) is 10.1. The minimum Gasteiger partial charge on any atom is -0.328 e. The first-order chi connectivity index (χ1) is 6.72. The van der Waals surface area contributed by atoms with Gasteiger partial charge < -0.3 is 4.57 Å². The highest BCUT2D eigenvalue weighted by Gasteiger charge is 2.04. The van der Waals surface area contributed by atoms with Gasteiger partial charge in [0.25, 0.3) is 0 Å². The maximum atomic E-state index is 10.2. The molecule has 0 bridgehead atoms. The van der Waals surface area contributed by atoms with Gasteiger partial charge in [0, 0.05) is 22.4 Å². The van der Waals surface area contributed by atoms with Crippen molar-refractivity contribution in [2.45, 2.75) is 0 Å². The van der Waals surface area contributed by atoms with E-state index in [9.17, 15) is 4.79 Å². The smallest absolute Gasteiger partial charge is 0.242 e. The lowest BCUT2D eigenvalue weighted by molar-refractivity contribution is 0.565. The van der Waals surface area contributed by atoms with Crippen LogP contribution < -0.4 is 0 Å². The van der Waals surface area contributed by atoms with Gasteiger partial charge >= 0.3 is 0 Å². The Hall–Kier alpha value is -1.38. The molecule has 0 saturated heterocycles. The number of benzene rings is 1. The van der Waals surface area contributed by atoms with Crippen molar-refractivity contribution in [3.05, 3.63) is 28.7 Å². The maximum Gasteiger partial charge on any atom is 0.242 e. The molecule has 4 heteroatoms. The van der Waals surface area contributed by atoms with E-state index in [1.807, 2.05) is 35.9 Å². The Morgan fingerprint density at radius 2 is 2.21 bits per heavy atom. The van der Waals surface area contributed by atoms with Crippen molar-refractivity contribution < 1.29 is 4.79 Å². The van der Waals surface area contributed by atoms with Crippen molar-refractivity contribution >= 4 is 38.7 Å². The van der Waals surface area contributed by atoms with E-state index in [-0.39, 0.29) is 0 Å². The summed E-state index contributed by atoms with van der Waals surface area (Å²) in [5.41, 5.74) is 1.04. The molecule has 0 amide bonds. The van der Waals surface area contributed by atoms with Crippen molar-refractivity contribution in [2.75, 3.05) is 0 Å². The molecule has 0 saturated carbocycles. The Morgan fingerprint density at radius 3 is 2.93 bits per heavy atom. The Bertz CT molecular complexity index is 538. The Labute approximate surface area is 89.2 Å². The molecule has 0 N–H and O–H groups in total. The summed E-state index contributed by atoms with van der Waals surface area (Å²) >= 11 is 3.39. The second-order valence-electron chi connectivity index (χ2n) is 2.97.